The number of ether oxygens (including phenoxy) is 2. The van der Waals surface area contributed by atoms with E-state index in [2.05, 4.69) is 15.0 Å². The summed E-state index contributed by atoms with van der Waals surface area (Å²) < 4.78 is 38.0. The van der Waals surface area contributed by atoms with Crippen molar-refractivity contribution in [2.75, 3.05) is 20.8 Å². The van der Waals surface area contributed by atoms with Crippen LogP contribution < -0.4 is 19.5 Å². The molecule has 3 rings (SSSR count). The van der Waals surface area contributed by atoms with Gasteiger partial charge in [-0.3, -0.25) is 14.5 Å². The van der Waals surface area contributed by atoms with Crippen LogP contribution >= 0.6 is 11.6 Å². The van der Waals surface area contributed by atoms with Gasteiger partial charge in [-0.15, -0.1) is 0 Å². The minimum Gasteiger partial charge on any atom is -0.497 e. The summed E-state index contributed by atoms with van der Waals surface area (Å²) in [6, 6.07) is 11.7. The minimum absolute atomic E-state index is 0.115. The molecular weight excluding hydrogens is 442 g/mol. The van der Waals surface area contributed by atoms with Gasteiger partial charge in [0.15, 0.2) is 0 Å². The topological polar surface area (TPSA) is 106 Å². The molecule has 1 amide bonds. The molecule has 0 fully saturated rings. The van der Waals surface area contributed by atoms with E-state index in [1.165, 1.54) is 0 Å². The van der Waals surface area contributed by atoms with Crippen LogP contribution in [0.25, 0.3) is 4.91 Å². The Hall–Kier alpha value is -3.04. The number of benzene rings is 2. The number of carbonyl (C=O) groups excluding carboxylic acids is 1. The molecule has 0 unspecified atom stereocenters. The average molecular weight is 464 g/mol. The van der Waals surface area contributed by atoms with Crippen LogP contribution in [0, 0.1) is 0 Å². The van der Waals surface area contributed by atoms with Crippen LogP contribution in [0.1, 0.15) is 18.1 Å². The predicted molar refractivity (Wildman–Crippen MR) is 120 cm³/mol. The lowest BCUT2D eigenvalue weighted by Gasteiger charge is -2.11. The van der Waals surface area contributed by atoms with Crippen LogP contribution in [0.4, 0.5) is 0 Å². The van der Waals surface area contributed by atoms with E-state index >= 15 is 0 Å². The number of nitrogens with zero attached hydrogens (tertiary/aromatic N) is 1. The number of nitrogens with one attached hydrogen (secondary N) is 2. The Bertz CT molecular complexity index is 1160. The van der Waals surface area contributed by atoms with Crippen molar-refractivity contribution in [3.63, 3.8) is 0 Å². The zero-order valence-electron chi connectivity index (χ0n) is 17.2. The smallest absolute Gasteiger partial charge is 0.264 e. The molecule has 10 heteroatoms. The number of hydrogen-bond donors (Lipinski definition) is 2. The summed E-state index contributed by atoms with van der Waals surface area (Å²) in [5.74, 6) is 1.02. The first kappa shape index (κ1) is 22.6. The number of rotatable bonds is 7. The third-order valence-electron chi connectivity index (χ3n) is 4.65. The number of sulfonamides is 1. The molecule has 164 valence electrons. The molecule has 0 saturated carbocycles. The van der Waals surface area contributed by atoms with E-state index in [1.54, 1.807) is 63.6 Å². The number of amidine groups is 1. The molecule has 2 aromatic rings. The third kappa shape index (κ3) is 5.18. The number of hydrogen-bond acceptors (Lipinski definition) is 6. The molecule has 0 atom stereocenters. The van der Waals surface area contributed by atoms with Gasteiger partial charge in [0.1, 0.15) is 28.8 Å². The van der Waals surface area contributed by atoms with Crippen LogP contribution in [-0.4, -0.2) is 40.9 Å². The normalized spacial score (nSPS) is 16.2. The van der Waals surface area contributed by atoms with Crippen molar-refractivity contribution >= 4 is 38.3 Å². The molecule has 0 saturated heterocycles. The monoisotopic (exact) mass is 463 g/mol. The van der Waals surface area contributed by atoms with E-state index < -0.39 is 10.0 Å². The third-order valence-corrected chi connectivity index (χ3v) is 6.44. The van der Waals surface area contributed by atoms with E-state index in [1.807, 2.05) is 0 Å². The number of methoxy groups -OCH3 is 2. The number of halogens is 1. The second kappa shape index (κ2) is 9.40. The van der Waals surface area contributed by atoms with Crippen molar-refractivity contribution in [2.24, 2.45) is 4.99 Å². The minimum atomic E-state index is -3.78. The fourth-order valence-corrected chi connectivity index (χ4v) is 4.75. The molecule has 0 aliphatic carbocycles. The van der Waals surface area contributed by atoms with Crippen molar-refractivity contribution in [1.29, 1.82) is 0 Å². The second-order valence-electron chi connectivity index (χ2n) is 6.69. The summed E-state index contributed by atoms with van der Waals surface area (Å²) in [5.41, 5.74) is 1.67. The van der Waals surface area contributed by atoms with Gasteiger partial charge in [-0.25, -0.2) is 8.42 Å². The predicted octanol–water partition coefficient (Wildman–Crippen LogP) is 2.74. The highest BCUT2D eigenvalue weighted by Crippen LogP contribution is 2.30. The lowest BCUT2D eigenvalue weighted by atomic mass is 10.1. The fourth-order valence-electron chi connectivity index (χ4n) is 3.11. The quantitative estimate of drug-likeness (QED) is 0.656. The lowest BCUT2D eigenvalue weighted by Crippen LogP contribution is -2.28. The first-order chi connectivity index (χ1) is 14.7. The van der Waals surface area contributed by atoms with E-state index in [0.717, 1.165) is 5.56 Å². The summed E-state index contributed by atoms with van der Waals surface area (Å²) in [4.78, 5) is 16.6. The molecule has 2 aromatic carbocycles. The van der Waals surface area contributed by atoms with Crippen LogP contribution in [-0.2, 0) is 21.4 Å². The Morgan fingerprint density at radius 1 is 1.13 bits per heavy atom. The van der Waals surface area contributed by atoms with Crippen LogP contribution in [0.3, 0.4) is 0 Å². The maximum atomic E-state index is 12.5. The summed E-state index contributed by atoms with van der Waals surface area (Å²) in [5, 5.41) is 3.25. The summed E-state index contributed by atoms with van der Waals surface area (Å²) >= 11 is 5.88. The average Bonchev–Trinajstić information content (AvgIpc) is 2.99. The summed E-state index contributed by atoms with van der Waals surface area (Å²) in [6.07, 6.45) is 0. The van der Waals surface area contributed by atoms with Crippen molar-refractivity contribution in [3.8, 4) is 11.5 Å². The Balaban J connectivity index is 1.72. The van der Waals surface area contributed by atoms with Gasteiger partial charge in [0.2, 0.25) is 5.91 Å². The maximum Gasteiger partial charge on any atom is 0.264 e. The molecule has 0 bridgehead atoms. The van der Waals surface area contributed by atoms with Gasteiger partial charge >= 0.3 is 0 Å². The highest BCUT2D eigenvalue weighted by molar-refractivity contribution is 8.00. The molecular formula is C21H22ClN3O5S. The van der Waals surface area contributed by atoms with E-state index in [0.29, 0.717) is 27.7 Å². The second-order valence-corrected chi connectivity index (χ2v) is 8.74. The molecule has 1 heterocycles. The molecule has 1 aliphatic heterocycles. The largest absolute Gasteiger partial charge is 0.497 e. The molecule has 0 aromatic heterocycles. The molecule has 8 nitrogen and oxygen atoms in total. The van der Waals surface area contributed by atoms with Crippen LogP contribution in [0.2, 0.25) is 5.02 Å². The fraction of sp³-hybridized carbons (Fsp3) is 0.238. The van der Waals surface area contributed by atoms with E-state index in [-0.39, 0.29) is 29.7 Å². The van der Waals surface area contributed by atoms with Crippen molar-refractivity contribution in [2.45, 2.75) is 13.5 Å². The van der Waals surface area contributed by atoms with Gasteiger partial charge in [0.25, 0.3) is 10.0 Å². The molecule has 1 aliphatic rings. The first-order valence-corrected chi connectivity index (χ1v) is 11.1. The summed E-state index contributed by atoms with van der Waals surface area (Å²) in [7, 11) is -0.685. The van der Waals surface area contributed by atoms with Gasteiger partial charge in [-0.05, 0) is 42.8 Å². The van der Waals surface area contributed by atoms with Gasteiger partial charge in [-0.1, -0.05) is 23.7 Å². The summed E-state index contributed by atoms with van der Waals surface area (Å²) in [6.45, 7) is 1.61. The maximum absolute atomic E-state index is 12.5. The number of amides is 1. The van der Waals surface area contributed by atoms with E-state index in [4.69, 9.17) is 21.1 Å². The zero-order valence-corrected chi connectivity index (χ0v) is 18.8. The zero-order chi connectivity index (χ0) is 22.6. The van der Waals surface area contributed by atoms with Crippen molar-refractivity contribution < 1.29 is 22.7 Å². The highest BCUT2D eigenvalue weighted by Gasteiger charge is 2.32. The molecule has 31 heavy (non-hydrogen) atoms. The number of aliphatic imine (C=N–C) groups is 1. The van der Waals surface area contributed by atoms with Gasteiger partial charge in [0.05, 0.1) is 14.2 Å². The first-order valence-electron chi connectivity index (χ1n) is 9.27. The Morgan fingerprint density at radius 3 is 2.48 bits per heavy atom. The number of carbonyl (C=O) groups is 1. The molecule has 0 spiro atoms. The van der Waals surface area contributed by atoms with Crippen molar-refractivity contribution in [3.05, 3.63) is 64.2 Å². The van der Waals surface area contributed by atoms with Crippen LogP contribution in [0.5, 0.6) is 11.5 Å². The van der Waals surface area contributed by atoms with Crippen molar-refractivity contribution in [1.82, 2.24) is 10.0 Å². The van der Waals surface area contributed by atoms with Gasteiger partial charge < -0.3 is 14.8 Å². The SMILES string of the molecule is COc1ccc(OC)c(CNC(=O)CN=C2NS(=O)(=O)C(c3ccc(Cl)cc3)=C2C)c1. The highest BCUT2D eigenvalue weighted by atomic mass is 35.5. The Labute approximate surface area is 186 Å². The molecule has 0 radical (unpaired) electrons. The van der Waals surface area contributed by atoms with Crippen LogP contribution in [0.15, 0.2) is 53.0 Å². The van der Waals surface area contributed by atoms with E-state index in [9.17, 15) is 13.2 Å². The Morgan fingerprint density at radius 2 is 1.84 bits per heavy atom. The van der Waals surface area contributed by atoms with Gasteiger partial charge in [0, 0.05) is 22.7 Å². The standard InChI is InChI=1S/C21H22ClN3O5S/c1-13-20(14-4-6-16(22)7-5-14)31(27,28)25-21(13)24-12-19(26)23-11-15-10-17(29-2)8-9-18(15)30-3/h4-10H,11-12H2,1-3H3,(H,23,26)(H,24,25). The lowest BCUT2D eigenvalue weighted by molar-refractivity contribution is -0.119. The Kier molecular flexibility index (Phi) is 6.87. The molecule has 2 N–H and O–H groups in total. The van der Waals surface area contributed by atoms with Gasteiger partial charge in [-0.2, -0.15) is 0 Å².